The smallest absolute Gasteiger partial charge is 0.323 e. The van der Waals surface area contributed by atoms with Crippen molar-refractivity contribution in [2.75, 3.05) is 19.8 Å². The topological polar surface area (TPSA) is 52.7 Å². The minimum Gasteiger partial charge on any atom is -0.323 e. The normalized spacial score (nSPS) is 15.5. The van der Waals surface area contributed by atoms with Gasteiger partial charge in [0.15, 0.2) is 0 Å². The summed E-state index contributed by atoms with van der Waals surface area (Å²) in [6.07, 6.45) is 20.8. The number of unbranched alkanes of at least 4 members (excludes halogenated alkanes) is 10. The fraction of sp³-hybridized carbons (Fsp3) is 0.938. The Kier molecular flexibility index (Phi) is 18.2. The SMILES string of the molecule is CCCCC1(CCCC)NC(=O)N(CN(CCCCCCCC(C)C)CCCCCCCC(C)C)C1=O. The van der Waals surface area contributed by atoms with Crippen LogP contribution in [-0.4, -0.2) is 47.0 Å². The molecule has 1 rings (SSSR count). The van der Waals surface area contributed by atoms with E-state index < -0.39 is 5.54 Å². The molecule has 0 bridgehead atoms. The van der Waals surface area contributed by atoms with E-state index in [1.54, 1.807) is 0 Å². The summed E-state index contributed by atoms with van der Waals surface area (Å²) in [7, 11) is 0. The third kappa shape index (κ3) is 14.0. The molecular weight excluding hydrogens is 458 g/mol. The second-order valence-corrected chi connectivity index (χ2v) is 12.6. The van der Waals surface area contributed by atoms with Crippen LogP contribution in [-0.2, 0) is 4.79 Å². The molecule has 0 unspecified atom stereocenters. The van der Waals surface area contributed by atoms with Crippen LogP contribution >= 0.6 is 0 Å². The molecule has 3 amide bonds. The molecule has 1 saturated heterocycles. The average Bonchev–Trinajstić information content (AvgIpc) is 3.08. The van der Waals surface area contributed by atoms with Gasteiger partial charge in [0.25, 0.3) is 5.91 Å². The summed E-state index contributed by atoms with van der Waals surface area (Å²) in [4.78, 5) is 30.6. The molecule has 0 spiro atoms. The van der Waals surface area contributed by atoms with Crippen LogP contribution < -0.4 is 5.32 Å². The molecule has 0 radical (unpaired) electrons. The van der Waals surface area contributed by atoms with Crippen LogP contribution in [0.25, 0.3) is 0 Å². The summed E-state index contributed by atoms with van der Waals surface area (Å²) in [6, 6.07) is -0.176. The molecule has 218 valence electrons. The maximum absolute atomic E-state index is 13.6. The highest BCUT2D eigenvalue weighted by atomic mass is 16.2. The molecule has 5 nitrogen and oxygen atoms in total. The highest BCUT2D eigenvalue weighted by Gasteiger charge is 2.50. The predicted molar refractivity (Wildman–Crippen MR) is 159 cm³/mol. The lowest BCUT2D eigenvalue weighted by molar-refractivity contribution is -0.133. The maximum Gasteiger partial charge on any atom is 0.326 e. The van der Waals surface area contributed by atoms with Crippen molar-refractivity contribution in [3.8, 4) is 0 Å². The first-order valence-electron chi connectivity index (χ1n) is 16.1. The summed E-state index contributed by atoms with van der Waals surface area (Å²) >= 11 is 0. The highest BCUT2D eigenvalue weighted by Crippen LogP contribution is 2.29. The third-order valence-electron chi connectivity index (χ3n) is 8.01. The third-order valence-corrected chi connectivity index (χ3v) is 8.01. The number of nitrogens with zero attached hydrogens (tertiary/aromatic N) is 2. The van der Waals surface area contributed by atoms with Crippen LogP contribution in [0, 0.1) is 11.8 Å². The van der Waals surface area contributed by atoms with Gasteiger partial charge in [-0.25, -0.2) is 9.69 Å². The van der Waals surface area contributed by atoms with Crippen molar-refractivity contribution in [1.82, 2.24) is 15.1 Å². The number of carbonyl (C=O) groups is 2. The summed E-state index contributed by atoms with van der Waals surface area (Å²) < 4.78 is 0. The minimum atomic E-state index is -0.679. The predicted octanol–water partition coefficient (Wildman–Crippen LogP) is 8.91. The number of imide groups is 1. The summed E-state index contributed by atoms with van der Waals surface area (Å²) in [5.41, 5.74) is -0.679. The van der Waals surface area contributed by atoms with Gasteiger partial charge in [-0.05, 0) is 50.6 Å². The maximum atomic E-state index is 13.6. The lowest BCUT2D eigenvalue weighted by Crippen LogP contribution is -2.48. The van der Waals surface area contributed by atoms with E-state index in [2.05, 4.69) is 51.8 Å². The van der Waals surface area contributed by atoms with Crippen molar-refractivity contribution in [3.05, 3.63) is 0 Å². The first-order valence-corrected chi connectivity index (χ1v) is 16.1. The molecule has 1 aliphatic heterocycles. The zero-order valence-electron chi connectivity index (χ0n) is 25.7. The van der Waals surface area contributed by atoms with E-state index >= 15 is 0 Å². The van der Waals surface area contributed by atoms with Gasteiger partial charge in [-0.2, -0.15) is 0 Å². The number of nitrogens with one attached hydrogen (secondary N) is 1. The zero-order valence-corrected chi connectivity index (χ0v) is 25.7. The lowest BCUT2D eigenvalue weighted by Gasteiger charge is -2.29. The van der Waals surface area contributed by atoms with Crippen LogP contribution in [0.5, 0.6) is 0 Å². The average molecular weight is 522 g/mol. The van der Waals surface area contributed by atoms with Gasteiger partial charge in [0.05, 0.1) is 6.67 Å². The molecular formula is C32H63N3O2. The van der Waals surface area contributed by atoms with Crippen LogP contribution in [0.3, 0.4) is 0 Å². The van der Waals surface area contributed by atoms with E-state index in [9.17, 15) is 9.59 Å². The first-order chi connectivity index (χ1) is 17.8. The molecule has 1 heterocycles. The molecule has 0 aromatic carbocycles. The molecule has 1 N–H and O–H groups in total. The number of urea groups is 1. The van der Waals surface area contributed by atoms with Crippen molar-refractivity contribution < 1.29 is 9.59 Å². The Morgan fingerprint density at radius 3 is 1.54 bits per heavy atom. The molecule has 0 aromatic heterocycles. The number of carbonyl (C=O) groups excluding carboxylic acids is 2. The monoisotopic (exact) mass is 521 g/mol. The van der Waals surface area contributed by atoms with E-state index in [4.69, 9.17) is 0 Å². The van der Waals surface area contributed by atoms with Gasteiger partial charge in [0, 0.05) is 0 Å². The fourth-order valence-electron chi connectivity index (χ4n) is 5.52. The Hall–Kier alpha value is -1.10. The second-order valence-electron chi connectivity index (χ2n) is 12.6. The molecule has 1 fully saturated rings. The molecule has 0 saturated carbocycles. The Morgan fingerprint density at radius 2 is 1.11 bits per heavy atom. The van der Waals surface area contributed by atoms with Crippen molar-refractivity contribution in [3.63, 3.8) is 0 Å². The molecule has 0 atom stereocenters. The Balaban J connectivity index is 2.65. The Labute approximate surface area is 230 Å². The molecule has 5 heteroatoms. The molecule has 1 aliphatic rings. The van der Waals surface area contributed by atoms with Crippen LogP contribution in [0.2, 0.25) is 0 Å². The standard InChI is InChI=1S/C32H63N3O2/c1-7-9-23-32(24-10-8-2)30(36)35(31(37)33-32)27-34(25-19-15-11-13-17-21-28(3)4)26-20-16-12-14-18-22-29(5)6/h28-29H,7-27H2,1-6H3,(H,33,37). The van der Waals surface area contributed by atoms with Crippen molar-refractivity contribution in [2.24, 2.45) is 11.8 Å². The van der Waals surface area contributed by atoms with Gasteiger partial charge in [0.1, 0.15) is 5.54 Å². The van der Waals surface area contributed by atoms with Crippen LogP contribution in [0.4, 0.5) is 4.79 Å². The molecule has 37 heavy (non-hydrogen) atoms. The van der Waals surface area contributed by atoms with Crippen molar-refractivity contribution in [1.29, 1.82) is 0 Å². The number of hydrogen-bond acceptors (Lipinski definition) is 3. The van der Waals surface area contributed by atoms with Crippen LogP contribution in [0.1, 0.15) is 157 Å². The van der Waals surface area contributed by atoms with Crippen molar-refractivity contribution >= 4 is 11.9 Å². The fourth-order valence-corrected chi connectivity index (χ4v) is 5.52. The van der Waals surface area contributed by atoms with Gasteiger partial charge >= 0.3 is 6.03 Å². The van der Waals surface area contributed by atoms with Gasteiger partial charge in [-0.3, -0.25) is 9.69 Å². The van der Waals surface area contributed by atoms with Crippen LogP contribution in [0.15, 0.2) is 0 Å². The van der Waals surface area contributed by atoms with Gasteiger partial charge in [0.2, 0.25) is 0 Å². The van der Waals surface area contributed by atoms with Gasteiger partial charge in [-0.1, -0.05) is 131 Å². The van der Waals surface area contributed by atoms with E-state index in [-0.39, 0.29) is 11.9 Å². The molecule has 0 aliphatic carbocycles. The van der Waals surface area contributed by atoms with E-state index in [0.29, 0.717) is 6.67 Å². The quantitative estimate of drug-likeness (QED) is 0.102. The van der Waals surface area contributed by atoms with E-state index in [1.807, 2.05) is 0 Å². The minimum absolute atomic E-state index is 0.0202. The van der Waals surface area contributed by atoms with E-state index in [1.165, 1.54) is 69.1 Å². The number of amides is 3. The van der Waals surface area contributed by atoms with Crippen molar-refractivity contribution in [2.45, 2.75) is 163 Å². The Morgan fingerprint density at radius 1 is 0.676 bits per heavy atom. The van der Waals surface area contributed by atoms with Gasteiger partial charge in [-0.15, -0.1) is 0 Å². The second kappa shape index (κ2) is 19.9. The van der Waals surface area contributed by atoms with Gasteiger partial charge < -0.3 is 5.32 Å². The zero-order chi connectivity index (χ0) is 27.5. The Bertz CT molecular complexity index is 575. The number of hydrogen-bond donors (Lipinski definition) is 1. The lowest BCUT2D eigenvalue weighted by atomic mass is 9.87. The number of rotatable bonds is 24. The van der Waals surface area contributed by atoms with E-state index in [0.717, 1.165) is 76.3 Å². The summed E-state index contributed by atoms with van der Waals surface area (Å²) in [6.45, 7) is 15.9. The largest absolute Gasteiger partial charge is 0.326 e. The summed E-state index contributed by atoms with van der Waals surface area (Å²) in [5.74, 6) is 1.62. The highest BCUT2D eigenvalue weighted by molar-refractivity contribution is 6.07. The summed E-state index contributed by atoms with van der Waals surface area (Å²) in [5, 5.41) is 3.15. The molecule has 0 aromatic rings. The first kappa shape index (κ1) is 33.9.